The highest BCUT2D eigenvalue weighted by atomic mass is 16.4. The normalized spacial score (nSPS) is 11.0. The van der Waals surface area contributed by atoms with E-state index < -0.39 is 11.5 Å². The molecule has 0 aliphatic carbocycles. The zero-order valence-corrected chi connectivity index (χ0v) is 10.1. The molecule has 0 bridgehead atoms. The van der Waals surface area contributed by atoms with Crippen LogP contribution in [0.15, 0.2) is 0 Å². The van der Waals surface area contributed by atoms with Crippen LogP contribution in [-0.4, -0.2) is 52.6 Å². The zero-order valence-electron chi connectivity index (χ0n) is 10.1. The predicted molar refractivity (Wildman–Crippen MR) is 57.8 cm³/mol. The Kier molecular flexibility index (Phi) is 4.58. The second-order valence-electron chi connectivity index (χ2n) is 4.45. The summed E-state index contributed by atoms with van der Waals surface area (Å²) in [7, 11) is 1.66. The smallest absolute Gasteiger partial charge is 0.323 e. The molecule has 0 unspecified atom stereocenters. The Hall–Kier alpha value is -1.26. The average molecular weight is 216 g/mol. The highest BCUT2D eigenvalue weighted by Gasteiger charge is 2.29. The molecule has 0 spiro atoms. The van der Waals surface area contributed by atoms with Crippen LogP contribution in [0.2, 0.25) is 0 Å². The fourth-order valence-corrected chi connectivity index (χ4v) is 1.07. The first-order valence-electron chi connectivity index (χ1n) is 4.94. The van der Waals surface area contributed by atoms with Crippen molar-refractivity contribution < 1.29 is 14.7 Å². The quantitative estimate of drug-likeness (QED) is 0.772. The molecule has 88 valence electrons. The molecule has 0 aromatic carbocycles. The SMILES string of the molecule is CCN(C)C(=O)N(CC(=O)O)C(C)(C)C. The third-order valence-electron chi connectivity index (χ3n) is 2.13. The van der Waals surface area contributed by atoms with Crippen molar-refractivity contribution in [3.63, 3.8) is 0 Å². The monoisotopic (exact) mass is 216 g/mol. The number of hydrogen-bond acceptors (Lipinski definition) is 2. The molecule has 0 heterocycles. The second kappa shape index (κ2) is 5.00. The molecule has 5 nitrogen and oxygen atoms in total. The van der Waals surface area contributed by atoms with E-state index in [0.717, 1.165) is 0 Å². The van der Waals surface area contributed by atoms with Crippen LogP contribution >= 0.6 is 0 Å². The Labute approximate surface area is 90.7 Å². The summed E-state index contributed by atoms with van der Waals surface area (Å²) in [6.07, 6.45) is 0. The second-order valence-corrected chi connectivity index (χ2v) is 4.45. The Morgan fingerprint density at radius 2 is 1.73 bits per heavy atom. The average Bonchev–Trinajstić information content (AvgIpc) is 2.09. The highest BCUT2D eigenvalue weighted by Crippen LogP contribution is 2.14. The molecule has 0 saturated carbocycles. The molecule has 0 atom stereocenters. The molecule has 0 saturated heterocycles. The van der Waals surface area contributed by atoms with Crippen LogP contribution in [-0.2, 0) is 4.79 Å². The number of rotatable bonds is 3. The Bertz CT molecular complexity index is 246. The molecule has 0 radical (unpaired) electrons. The molecule has 1 N–H and O–H groups in total. The number of carboxylic acid groups (broad SMARTS) is 1. The van der Waals surface area contributed by atoms with E-state index in [-0.39, 0.29) is 12.6 Å². The first kappa shape index (κ1) is 13.7. The number of hydrogen-bond donors (Lipinski definition) is 1. The lowest BCUT2D eigenvalue weighted by atomic mass is 10.1. The minimum atomic E-state index is -0.997. The molecule has 0 aliphatic rings. The predicted octanol–water partition coefficient (Wildman–Crippen LogP) is 1.24. The van der Waals surface area contributed by atoms with Crippen molar-refractivity contribution >= 4 is 12.0 Å². The van der Waals surface area contributed by atoms with Gasteiger partial charge in [-0.15, -0.1) is 0 Å². The summed E-state index contributed by atoms with van der Waals surface area (Å²) >= 11 is 0. The van der Waals surface area contributed by atoms with Crippen molar-refractivity contribution in [2.45, 2.75) is 33.2 Å². The van der Waals surface area contributed by atoms with E-state index >= 15 is 0 Å². The summed E-state index contributed by atoms with van der Waals surface area (Å²) in [5.74, 6) is -0.997. The van der Waals surface area contributed by atoms with Crippen LogP contribution in [0.5, 0.6) is 0 Å². The van der Waals surface area contributed by atoms with Crippen LogP contribution in [0, 0.1) is 0 Å². The van der Waals surface area contributed by atoms with E-state index in [1.54, 1.807) is 7.05 Å². The maximum Gasteiger partial charge on any atom is 0.323 e. The van der Waals surface area contributed by atoms with Crippen molar-refractivity contribution in [2.75, 3.05) is 20.1 Å². The van der Waals surface area contributed by atoms with Crippen molar-refractivity contribution in [2.24, 2.45) is 0 Å². The third kappa shape index (κ3) is 4.18. The van der Waals surface area contributed by atoms with Gasteiger partial charge in [0.2, 0.25) is 0 Å². The van der Waals surface area contributed by atoms with E-state index in [9.17, 15) is 9.59 Å². The van der Waals surface area contributed by atoms with Crippen molar-refractivity contribution in [1.82, 2.24) is 9.80 Å². The van der Waals surface area contributed by atoms with Crippen LogP contribution in [0.25, 0.3) is 0 Å². The lowest BCUT2D eigenvalue weighted by molar-refractivity contribution is -0.138. The van der Waals surface area contributed by atoms with Crippen molar-refractivity contribution in [3.05, 3.63) is 0 Å². The maximum atomic E-state index is 11.8. The summed E-state index contributed by atoms with van der Waals surface area (Å²) in [5, 5.41) is 8.74. The first-order valence-corrected chi connectivity index (χ1v) is 4.94. The number of amides is 2. The van der Waals surface area contributed by atoms with Gasteiger partial charge in [0, 0.05) is 19.1 Å². The topological polar surface area (TPSA) is 60.9 Å². The van der Waals surface area contributed by atoms with Gasteiger partial charge in [-0.25, -0.2) is 4.79 Å². The fourth-order valence-electron chi connectivity index (χ4n) is 1.07. The first-order chi connectivity index (χ1) is 6.70. The third-order valence-corrected chi connectivity index (χ3v) is 2.13. The molecule has 5 heteroatoms. The fraction of sp³-hybridized carbons (Fsp3) is 0.800. The van der Waals surface area contributed by atoms with Gasteiger partial charge in [0.25, 0.3) is 0 Å². The number of carboxylic acids is 1. The number of urea groups is 1. The summed E-state index contributed by atoms with van der Waals surface area (Å²) in [6, 6.07) is -0.257. The number of carbonyl (C=O) groups excluding carboxylic acids is 1. The van der Waals surface area contributed by atoms with Gasteiger partial charge in [0.1, 0.15) is 6.54 Å². The van der Waals surface area contributed by atoms with Gasteiger partial charge in [-0.05, 0) is 27.7 Å². The summed E-state index contributed by atoms with van der Waals surface area (Å²) < 4.78 is 0. The van der Waals surface area contributed by atoms with Gasteiger partial charge in [0.15, 0.2) is 0 Å². The largest absolute Gasteiger partial charge is 0.480 e. The molecule has 0 rings (SSSR count). The maximum absolute atomic E-state index is 11.8. The Morgan fingerprint density at radius 3 is 2.00 bits per heavy atom. The summed E-state index contributed by atoms with van der Waals surface area (Å²) in [4.78, 5) is 25.3. The molecule has 0 aromatic rings. The molecule has 2 amide bonds. The Morgan fingerprint density at radius 1 is 1.27 bits per heavy atom. The standard InChI is InChI=1S/C10H20N2O3/c1-6-11(5)9(15)12(7-8(13)14)10(2,3)4/h6-7H2,1-5H3,(H,13,14). The molecule has 15 heavy (non-hydrogen) atoms. The van der Waals surface area contributed by atoms with E-state index in [4.69, 9.17) is 5.11 Å². The Balaban J connectivity index is 4.79. The van der Waals surface area contributed by atoms with E-state index in [1.165, 1.54) is 9.80 Å². The van der Waals surface area contributed by atoms with E-state index in [2.05, 4.69) is 0 Å². The number of carbonyl (C=O) groups is 2. The zero-order chi connectivity index (χ0) is 12.2. The van der Waals surface area contributed by atoms with Crippen LogP contribution in [0.1, 0.15) is 27.7 Å². The summed E-state index contributed by atoms with van der Waals surface area (Å²) in [5.41, 5.74) is -0.487. The van der Waals surface area contributed by atoms with Crippen molar-refractivity contribution in [1.29, 1.82) is 0 Å². The minimum Gasteiger partial charge on any atom is -0.480 e. The number of nitrogens with zero attached hydrogens (tertiary/aromatic N) is 2. The van der Waals surface area contributed by atoms with Crippen LogP contribution in [0.4, 0.5) is 4.79 Å². The van der Waals surface area contributed by atoms with Gasteiger partial charge in [-0.1, -0.05) is 0 Å². The summed E-state index contributed by atoms with van der Waals surface area (Å²) in [6.45, 7) is 7.59. The molecule has 0 fully saturated rings. The van der Waals surface area contributed by atoms with Crippen LogP contribution in [0.3, 0.4) is 0 Å². The number of aliphatic carboxylic acids is 1. The minimum absolute atomic E-state index is 0.257. The van der Waals surface area contributed by atoms with Gasteiger partial charge < -0.3 is 14.9 Å². The van der Waals surface area contributed by atoms with E-state index in [1.807, 2.05) is 27.7 Å². The highest BCUT2D eigenvalue weighted by molar-refractivity contribution is 5.80. The lowest BCUT2D eigenvalue weighted by Crippen LogP contribution is -2.52. The molecule has 0 aliphatic heterocycles. The lowest BCUT2D eigenvalue weighted by Gasteiger charge is -2.36. The van der Waals surface area contributed by atoms with E-state index in [0.29, 0.717) is 6.54 Å². The molecule has 0 aromatic heterocycles. The van der Waals surface area contributed by atoms with Crippen molar-refractivity contribution in [3.8, 4) is 0 Å². The van der Waals surface area contributed by atoms with Gasteiger partial charge >= 0.3 is 12.0 Å². The van der Waals surface area contributed by atoms with Gasteiger partial charge in [-0.3, -0.25) is 4.79 Å². The van der Waals surface area contributed by atoms with Gasteiger partial charge in [-0.2, -0.15) is 0 Å². The molecular formula is C10H20N2O3. The molecular weight excluding hydrogens is 196 g/mol. The van der Waals surface area contributed by atoms with Crippen LogP contribution < -0.4 is 0 Å². The van der Waals surface area contributed by atoms with Gasteiger partial charge in [0.05, 0.1) is 0 Å².